The van der Waals surface area contributed by atoms with Crippen LogP contribution in [0.1, 0.15) is 41.7 Å². The molecule has 2 aromatic heterocycles. The van der Waals surface area contributed by atoms with Gasteiger partial charge in [0.2, 0.25) is 0 Å². The van der Waals surface area contributed by atoms with Crippen molar-refractivity contribution in [2.24, 2.45) is 0 Å². The molecular weight excluding hydrogens is 739 g/mol. The van der Waals surface area contributed by atoms with Crippen molar-refractivity contribution < 1.29 is 4.42 Å². The molecule has 0 saturated heterocycles. The Labute approximate surface area is 357 Å². The fraction of sp³-hybridized carbons (Fsp3) is 0.0847. The number of aromatic nitrogens is 1. The van der Waals surface area contributed by atoms with Gasteiger partial charge in [0.25, 0.3) is 0 Å². The Hall–Kier alpha value is -7.42. The average molecular weight is 784 g/mol. The van der Waals surface area contributed by atoms with E-state index in [2.05, 4.69) is 226 Å². The van der Waals surface area contributed by atoms with Crippen LogP contribution in [0.3, 0.4) is 0 Å². The largest absolute Gasteiger partial charge is 0.456 e. The number of furan rings is 1. The van der Waals surface area contributed by atoms with E-state index in [1.54, 1.807) is 0 Å². The van der Waals surface area contributed by atoms with E-state index in [4.69, 9.17) is 4.42 Å². The van der Waals surface area contributed by atoms with E-state index < -0.39 is 0 Å². The number of nitrogens with zero attached hydrogens (tertiary/aromatic N) is 1. The van der Waals surface area contributed by atoms with Crippen LogP contribution in [-0.2, 0) is 11.8 Å². The van der Waals surface area contributed by atoms with Crippen LogP contribution in [-0.4, -0.2) is 4.57 Å². The second-order valence-electron chi connectivity index (χ2n) is 16.9. The van der Waals surface area contributed by atoms with Crippen LogP contribution in [0.15, 0.2) is 211 Å². The number of hydrogen-bond acceptors (Lipinski definition) is 1. The molecule has 2 heterocycles. The molecule has 0 saturated carbocycles. The van der Waals surface area contributed by atoms with Gasteiger partial charge >= 0.3 is 0 Å². The second-order valence-corrected chi connectivity index (χ2v) is 16.9. The monoisotopic (exact) mass is 783 g/mol. The molecule has 0 bridgehead atoms. The molecule has 0 radical (unpaired) electrons. The summed E-state index contributed by atoms with van der Waals surface area (Å²) in [5, 5.41) is 4.91. The predicted molar refractivity (Wildman–Crippen MR) is 257 cm³/mol. The van der Waals surface area contributed by atoms with E-state index in [1.807, 2.05) is 6.07 Å². The first kappa shape index (κ1) is 36.6. The third-order valence-electron chi connectivity index (χ3n) is 12.9. The van der Waals surface area contributed by atoms with Crippen LogP contribution in [0.2, 0.25) is 0 Å². The highest BCUT2D eigenvalue weighted by atomic mass is 16.3. The number of para-hydroxylation sites is 2. The Bertz CT molecular complexity index is 3400. The minimum atomic E-state index is 0.0686. The molecule has 0 amide bonds. The van der Waals surface area contributed by atoms with Gasteiger partial charge < -0.3 is 8.98 Å². The van der Waals surface area contributed by atoms with Gasteiger partial charge in [-0.15, -0.1) is 0 Å². The van der Waals surface area contributed by atoms with E-state index in [9.17, 15) is 0 Å². The summed E-state index contributed by atoms with van der Waals surface area (Å²) in [7, 11) is 0. The normalized spacial score (nSPS) is 12.7. The summed E-state index contributed by atoms with van der Waals surface area (Å²) in [6, 6.07) is 74.1. The van der Waals surface area contributed by atoms with Gasteiger partial charge in [0.1, 0.15) is 11.2 Å². The molecule has 2 heteroatoms. The van der Waals surface area contributed by atoms with E-state index in [0.717, 1.165) is 17.6 Å². The summed E-state index contributed by atoms with van der Waals surface area (Å²) >= 11 is 0. The molecule has 0 aliphatic heterocycles. The Morgan fingerprint density at radius 1 is 0.459 bits per heavy atom. The van der Waals surface area contributed by atoms with Crippen molar-refractivity contribution in [1.82, 2.24) is 4.57 Å². The highest BCUT2D eigenvalue weighted by molar-refractivity contribution is 6.11. The molecule has 1 aliphatic rings. The maximum Gasteiger partial charge on any atom is 0.135 e. The van der Waals surface area contributed by atoms with Crippen LogP contribution < -0.4 is 0 Å². The SMILES string of the molecule is CC1(C)c2ccccc2-c2c(Cc3ccc(-c4ccccc4)cc3)cccc21.Cc1cccc2oc3ccc(-c4ccc5c(c4)c4ccccc4n5-c4ccccc4)cc3c12. The van der Waals surface area contributed by atoms with Crippen molar-refractivity contribution in [3.63, 3.8) is 0 Å². The molecule has 61 heavy (non-hydrogen) atoms. The van der Waals surface area contributed by atoms with Crippen molar-refractivity contribution in [2.75, 3.05) is 0 Å². The number of aryl methyl sites for hydroxylation is 1. The Balaban J connectivity index is 0.000000140. The molecule has 0 spiro atoms. The molecule has 0 fully saturated rings. The quantitative estimate of drug-likeness (QED) is 0.170. The lowest BCUT2D eigenvalue weighted by Gasteiger charge is -2.21. The predicted octanol–water partition coefficient (Wildman–Crippen LogP) is 15.9. The maximum atomic E-state index is 6.10. The number of hydrogen-bond donors (Lipinski definition) is 0. The van der Waals surface area contributed by atoms with Gasteiger partial charge in [-0.1, -0.05) is 172 Å². The molecule has 0 unspecified atom stereocenters. The number of fused-ring (bicyclic) bond motifs is 9. The number of rotatable bonds is 5. The van der Waals surface area contributed by atoms with Crippen molar-refractivity contribution in [3.8, 4) is 39.1 Å². The summed E-state index contributed by atoms with van der Waals surface area (Å²) in [6.07, 6.45) is 0.961. The van der Waals surface area contributed by atoms with E-state index in [-0.39, 0.29) is 5.41 Å². The molecule has 2 nitrogen and oxygen atoms in total. The summed E-state index contributed by atoms with van der Waals surface area (Å²) in [5.41, 5.74) is 20.3. The Morgan fingerprint density at radius 2 is 1.08 bits per heavy atom. The Morgan fingerprint density at radius 3 is 1.90 bits per heavy atom. The average Bonchev–Trinajstić information content (AvgIpc) is 3.93. The topological polar surface area (TPSA) is 18.1 Å². The molecule has 11 aromatic rings. The first-order valence-corrected chi connectivity index (χ1v) is 21.3. The lowest BCUT2D eigenvalue weighted by Crippen LogP contribution is -2.14. The fourth-order valence-corrected chi connectivity index (χ4v) is 9.83. The Kier molecular flexibility index (Phi) is 8.83. The van der Waals surface area contributed by atoms with Crippen molar-refractivity contribution in [1.29, 1.82) is 0 Å². The maximum absolute atomic E-state index is 6.10. The van der Waals surface area contributed by atoms with Gasteiger partial charge in [0, 0.05) is 32.6 Å². The van der Waals surface area contributed by atoms with Crippen LogP contribution in [0.4, 0.5) is 0 Å². The summed E-state index contributed by atoms with van der Waals surface area (Å²) in [6.45, 7) is 6.83. The molecule has 0 N–H and O–H groups in total. The van der Waals surface area contributed by atoms with Crippen molar-refractivity contribution >= 4 is 43.7 Å². The minimum absolute atomic E-state index is 0.0686. The van der Waals surface area contributed by atoms with Gasteiger partial charge in [0.05, 0.1) is 11.0 Å². The van der Waals surface area contributed by atoms with Gasteiger partial charge in [-0.05, 0) is 123 Å². The molecular formula is C59H45NO. The third-order valence-corrected chi connectivity index (χ3v) is 12.9. The van der Waals surface area contributed by atoms with E-state index in [1.165, 1.54) is 99.5 Å². The number of benzene rings is 9. The zero-order chi connectivity index (χ0) is 41.1. The zero-order valence-corrected chi connectivity index (χ0v) is 34.7. The van der Waals surface area contributed by atoms with Crippen molar-refractivity contribution in [3.05, 3.63) is 234 Å². The standard InChI is InChI=1S/C31H21NO.C28H24/c1-20-8-7-13-30-31(20)26-19-22(15-17-29(26)33-30)21-14-16-28-25(18-21)24-11-5-6-12-27(24)32(28)23-9-3-2-4-10-23;1-28(2)25-13-7-6-12-24(25)27-23(11-8-14-26(27)28)19-20-15-17-22(18-16-20)21-9-4-3-5-10-21/h2-19H,1H3;3-18H,19H2,1-2H3. The highest BCUT2D eigenvalue weighted by Crippen LogP contribution is 2.50. The fourth-order valence-electron chi connectivity index (χ4n) is 9.83. The second kappa shape index (κ2) is 14.7. The molecule has 9 aromatic carbocycles. The van der Waals surface area contributed by atoms with Gasteiger partial charge in [0.15, 0.2) is 0 Å². The van der Waals surface area contributed by atoms with Gasteiger partial charge in [-0.25, -0.2) is 0 Å². The minimum Gasteiger partial charge on any atom is -0.456 e. The first-order chi connectivity index (χ1) is 29.9. The van der Waals surface area contributed by atoms with E-state index in [0.29, 0.717) is 0 Å². The summed E-state index contributed by atoms with van der Waals surface area (Å²) < 4.78 is 8.45. The van der Waals surface area contributed by atoms with E-state index >= 15 is 0 Å². The van der Waals surface area contributed by atoms with Crippen LogP contribution in [0.25, 0.3) is 82.8 Å². The third kappa shape index (κ3) is 6.26. The highest BCUT2D eigenvalue weighted by Gasteiger charge is 2.36. The van der Waals surface area contributed by atoms with Crippen LogP contribution >= 0.6 is 0 Å². The van der Waals surface area contributed by atoms with Crippen molar-refractivity contribution in [2.45, 2.75) is 32.6 Å². The van der Waals surface area contributed by atoms with Gasteiger partial charge in [-0.3, -0.25) is 0 Å². The van der Waals surface area contributed by atoms with Crippen LogP contribution in [0.5, 0.6) is 0 Å². The molecule has 12 rings (SSSR count). The van der Waals surface area contributed by atoms with Crippen LogP contribution in [0, 0.1) is 6.92 Å². The lowest BCUT2D eigenvalue weighted by atomic mass is 9.82. The lowest BCUT2D eigenvalue weighted by molar-refractivity contribution is 0.660. The van der Waals surface area contributed by atoms with Gasteiger partial charge in [-0.2, -0.15) is 0 Å². The molecule has 0 atom stereocenters. The smallest absolute Gasteiger partial charge is 0.135 e. The first-order valence-electron chi connectivity index (χ1n) is 21.3. The summed E-state index contributed by atoms with van der Waals surface area (Å²) in [4.78, 5) is 0. The summed E-state index contributed by atoms with van der Waals surface area (Å²) in [5.74, 6) is 0. The zero-order valence-electron chi connectivity index (χ0n) is 34.7. The molecule has 1 aliphatic carbocycles. The molecule has 292 valence electrons.